The highest BCUT2D eigenvalue weighted by Gasteiger charge is 2.13. The lowest BCUT2D eigenvalue weighted by molar-refractivity contribution is 0.306. The predicted octanol–water partition coefficient (Wildman–Crippen LogP) is 5.23. The number of anilines is 1. The maximum Gasteiger partial charge on any atom is 0.120 e. The molecule has 1 aliphatic heterocycles. The lowest BCUT2D eigenvalue weighted by Crippen LogP contribution is -2.20. The number of hydrogen-bond donors (Lipinski definition) is 0. The molecule has 0 radical (unpaired) electrons. The van der Waals surface area contributed by atoms with E-state index in [4.69, 9.17) is 14.5 Å². The van der Waals surface area contributed by atoms with Crippen molar-refractivity contribution < 1.29 is 9.47 Å². The van der Waals surface area contributed by atoms with Gasteiger partial charge in [-0.3, -0.25) is 4.99 Å². The number of likely N-dealkylation sites (N-methyl/N-ethyl adjacent to an activating group) is 1. The van der Waals surface area contributed by atoms with Crippen LogP contribution in [0.15, 0.2) is 83.9 Å². The van der Waals surface area contributed by atoms with E-state index >= 15 is 0 Å². The monoisotopic (exact) mass is 398 g/mol. The molecular formula is C26H26N2O2. The Kier molecular flexibility index (Phi) is 6.14. The first-order valence-corrected chi connectivity index (χ1v) is 10.1. The topological polar surface area (TPSA) is 34.1 Å². The van der Waals surface area contributed by atoms with Crippen molar-refractivity contribution in [3.8, 4) is 11.5 Å². The van der Waals surface area contributed by atoms with Gasteiger partial charge in [-0.1, -0.05) is 48.5 Å². The van der Waals surface area contributed by atoms with E-state index in [1.165, 1.54) is 11.3 Å². The van der Waals surface area contributed by atoms with Gasteiger partial charge in [0, 0.05) is 24.8 Å². The van der Waals surface area contributed by atoms with Crippen molar-refractivity contribution in [3.63, 3.8) is 0 Å². The summed E-state index contributed by atoms with van der Waals surface area (Å²) in [6, 6.07) is 24.5. The fourth-order valence-electron chi connectivity index (χ4n) is 3.46. The summed E-state index contributed by atoms with van der Waals surface area (Å²) in [5.41, 5.74) is 5.58. The van der Waals surface area contributed by atoms with Gasteiger partial charge in [0.15, 0.2) is 0 Å². The Labute approximate surface area is 178 Å². The molecule has 3 aromatic carbocycles. The summed E-state index contributed by atoms with van der Waals surface area (Å²) in [7, 11) is 3.78. The molecular weight excluding hydrogens is 372 g/mol. The van der Waals surface area contributed by atoms with Crippen LogP contribution in [-0.2, 0) is 6.61 Å². The van der Waals surface area contributed by atoms with Crippen LogP contribution in [0.3, 0.4) is 0 Å². The van der Waals surface area contributed by atoms with E-state index in [-0.39, 0.29) is 0 Å². The Morgan fingerprint density at radius 3 is 2.60 bits per heavy atom. The van der Waals surface area contributed by atoms with Crippen LogP contribution in [0.5, 0.6) is 11.5 Å². The fourth-order valence-corrected chi connectivity index (χ4v) is 3.46. The molecule has 0 bridgehead atoms. The summed E-state index contributed by atoms with van der Waals surface area (Å²) < 4.78 is 11.2. The molecule has 0 spiro atoms. The van der Waals surface area contributed by atoms with Gasteiger partial charge >= 0.3 is 0 Å². The second-order valence-corrected chi connectivity index (χ2v) is 7.25. The zero-order valence-corrected chi connectivity index (χ0v) is 17.4. The summed E-state index contributed by atoms with van der Waals surface area (Å²) in [5.74, 6) is 1.69. The second-order valence-electron chi connectivity index (χ2n) is 7.25. The normalized spacial score (nSPS) is 13.5. The minimum absolute atomic E-state index is 0.517. The SMILES string of the molecule is COc1ccc(COc2cccc(C=CC3=NCCN(C)c4ccccc43)c2)cc1. The maximum atomic E-state index is 5.98. The summed E-state index contributed by atoms with van der Waals surface area (Å²) in [6.45, 7) is 2.22. The van der Waals surface area contributed by atoms with E-state index in [9.17, 15) is 0 Å². The number of benzene rings is 3. The van der Waals surface area contributed by atoms with Crippen molar-refractivity contribution in [1.82, 2.24) is 0 Å². The number of fused-ring (bicyclic) bond motifs is 1. The molecule has 0 saturated carbocycles. The smallest absolute Gasteiger partial charge is 0.120 e. The van der Waals surface area contributed by atoms with Gasteiger partial charge in [0.2, 0.25) is 0 Å². The molecule has 30 heavy (non-hydrogen) atoms. The number of allylic oxidation sites excluding steroid dienone is 1. The van der Waals surface area contributed by atoms with Crippen molar-refractivity contribution >= 4 is 17.5 Å². The average Bonchev–Trinajstić information content (AvgIpc) is 2.96. The Balaban J connectivity index is 1.47. The first-order chi connectivity index (χ1) is 14.7. The second kappa shape index (κ2) is 9.31. The third-order valence-corrected chi connectivity index (χ3v) is 5.17. The molecule has 0 aromatic heterocycles. The largest absolute Gasteiger partial charge is 0.497 e. The maximum absolute atomic E-state index is 5.98. The van der Waals surface area contributed by atoms with Crippen LogP contribution >= 0.6 is 0 Å². The molecule has 0 N–H and O–H groups in total. The summed E-state index contributed by atoms with van der Waals surface area (Å²) in [5, 5.41) is 0. The number of rotatable bonds is 6. The first kappa shape index (κ1) is 19.8. The van der Waals surface area contributed by atoms with Gasteiger partial charge in [-0.2, -0.15) is 0 Å². The quantitative estimate of drug-likeness (QED) is 0.570. The number of nitrogens with zero attached hydrogens (tertiary/aromatic N) is 2. The molecule has 4 rings (SSSR count). The molecule has 0 fully saturated rings. The number of aliphatic imine (C=N–C) groups is 1. The molecule has 0 unspecified atom stereocenters. The van der Waals surface area contributed by atoms with Gasteiger partial charge in [-0.15, -0.1) is 0 Å². The van der Waals surface area contributed by atoms with Crippen LogP contribution in [-0.4, -0.2) is 33.0 Å². The minimum atomic E-state index is 0.517. The van der Waals surface area contributed by atoms with Gasteiger partial charge < -0.3 is 14.4 Å². The third kappa shape index (κ3) is 4.71. The standard InChI is InChI=1S/C26H26N2O2/c1-28-17-16-27-25(24-8-3-4-9-26(24)28)15-12-20-6-5-7-23(18-20)30-19-21-10-13-22(29-2)14-11-21/h3-15,18H,16-17,19H2,1-2H3. The van der Waals surface area contributed by atoms with Crippen LogP contribution in [0.25, 0.3) is 6.08 Å². The van der Waals surface area contributed by atoms with Gasteiger partial charge in [0.1, 0.15) is 18.1 Å². The van der Waals surface area contributed by atoms with E-state index in [0.717, 1.165) is 41.4 Å². The Morgan fingerprint density at radius 1 is 0.933 bits per heavy atom. The van der Waals surface area contributed by atoms with Gasteiger partial charge in [-0.05, 0) is 47.5 Å². The highest BCUT2D eigenvalue weighted by molar-refractivity contribution is 6.14. The zero-order chi connectivity index (χ0) is 20.8. The Bertz CT molecular complexity index is 1050. The van der Waals surface area contributed by atoms with Crippen molar-refractivity contribution in [1.29, 1.82) is 0 Å². The van der Waals surface area contributed by atoms with Crippen LogP contribution in [0, 0.1) is 0 Å². The van der Waals surface area contributed by atoms with Crippen molar-refractivity contribution in [2.75, 3.05) is 32.1 Å². The molecule has 3 aromatic rings. The zero-order valence-electron chi connectivity index (χ0n) is 17.4. The number of para-hydroxylation sites is 1. The molecule has 1 aliphatic rings. The molecule has 4 nitrogen and oxygen atoms in total. The fraction of sp³-hybridized carbons (Fsp3) is 0.192. The molecule has 152 valence electrons. The summed E-state index contributed by atoms with van der Waals surface area (Å²) >= 11 is 0. The van der Waals surface area contributed by atoms with Crippen molar-refractivity contribution in [3.05, 3.63) is 95.6 Å². The molecule has 0 saturated heterocycles. The number of hydrogen-bond acceptors (Lipinski definition) is 4. The molecule has 0 atom stereocenters. The highest BCUT2D eigenvalue weighted by Crippen LogP contribution is 2.23. The average molecular weight is 399 g/mol. The minimum Gasteiger partial charge on any atom is -0.497 e. The lowest BCUT2D eigenvalue weighted by atomic mass is 10.1. The van der Waals surface area contributed by atoms with E-state index in [0.29, 0.717) is 6.61 Å². The highest BCUT2D eigenvalue weighted by atomic mass is 16.5. The van der Waals surface area contributed by atoms with Gasteiger partial charge in [-0.25, -0.2) is 0 Å². The van der Waals surface area contributed by atoms with E-state index in [2.05, 4.69) is 60.5 Å². The molecule has 4 heteroatoms. The van der Waals surface area contributed by atoms with Crippen molar-refractivity contribution in [2.24, 2.45) is 4.99 Å². The first-order valence-electron chi connectivity index (χ1n) is 10.1. The lowest BCUT2D eigenvalue weighted by Gasteiger charge is -2.18. The van der Waals surface area contributed by atoms with E-state index in [1.807, 2.05) is 36.4 Å². The van der Waals surface area contributed by atoms with Crippen molar-refractivity contribution in [2.45, 2.75) is 6.61 Å². The van der Waals surface area contributed by atoms with Crippen LogP contribution in [0.2, 0.25) is 0 Å². The molecule has 0 amide bonds. The van der Waals surface area contributed by atoms with Crippen LogP contribution in [0.1, 0.15) is 16.7 Å². The number of ether oxygens (including phenoxy) is 2. The van der Waals surface area contributed by atoms with Gasteiger partial charge in [0.25, 0.3) is 0 Å². The Hall–Kier alpha value is -3.53. The van der Waals surface area contributed by atoms with E-state index < -0.39 is 0 Å². The Morgan fingerprint density at radius 2 is 1.77 bits per heavy atom. The van der Waals surface area contributed by atoms with Gasteiger partial charge in [0.05, 0.1) is 19.4 Å². The predicted molar refractivity (Wildman–Crippen MR) is 124 cm³/mol. The number of methoxy groups -OCH3 is 1. The number of benzodiazepines with no additional fused rings is 1. The third-order valence-electron chi connectivity index (χ3n) is 5.17. The van der Waals surface area contributed by atoms with Crippen LogP contribution in [0.4, 0.5) is 5.69 Å². The van der Waals surface area contributed by atoms with Crippen LogP contribution < -0.4 is 14.4 Å². The van der Waals surface area contributed by atoms with E-state index in [1.54, 1.807) is 7.11 Å². The summed E-state index contributed by atoms with van der Waals surface area (Å²) in [6.07, 6.45) is 4.20. The summed E-state index contributed by atoms with van der Waals surface area (Å²) in [4.78, 5) is 7.05. The molecule has 0 aliphatic carbocycles. The molecule has 1 heterocycles.